The normalized spacial score (nSPS) is 15.9. The van der Waals surface area contributed by atoms with E-state index in [1.807, 2.05) is 0 Å². The van der Waals surface area contributed by atoms with Crippen LogP contribution in [0.25, 0.3) is 0 Å². The number of anilines is 1. The van der Waals surface area contributed by atoms with Gasteiger partial charge in [-0.1, -0.05) is 12.1 Å². The molecule has 1 amide bonds. The Hall–Kier alpha value is -2.43. The predicted octanol–water partition coefficient (Wildman–Crippen LogP) is 3.29. The standard InChI is InChI=1S/C19H19F3N2O4S/c1-13-5-6-16(12-17(13)29(26,27)24-7-9-28-10-8-24)23-18(25)14-3-2-4-15(11-14)19(20,21)22/h2-6,11-12H,7-10H2,1H3,(H,23,25). The van der Waals surface area contributed by atoms with Crippen molar-refractivity contribution in [3.63, 3.8) is 0 Å². The van der Waals surface area contributed by atoms with Crippen LogP contribution in [0.4, 0.5) is 18.9 Å². The van der Waals surface area contributed by atoms with E-state index < -0.39 is 27.7 Å². The molecule has 1 aliphatic rings. The van der Waals surface area contributed by atoms with Gasteiger partial charge in [0.1, 0.15) is 0 Å². The second-order valence-electron chi connectivity index (χ2n) is 6.53. The van der Waals surface area contributed by atoms with Gasteiger partial charge in [-0.15, -0.1) is 0 Å². The van der Waals surface area contributed by atoms with Crippen molar-refractivity contribution >= 4 is 21.6 Å². The first kappa shape index (κ1) is 21.3. The van der Waals surface area contributed by atoms with E-state index in [2.05, 4.69) is 5.32 Å². The van der Waals surface area contributed by atoms with Gasteiger partial charge in [0.25, 0.3) is 5.91 Å². The van der Waals surface area contributed by atoms with Crippen molar-refractivity contribution in [1.82, 2.24) is 4.31 Å². The highest BCUT2D eigenvalue weighted by atomic mass is 32.2. The largest absolute Gasteiger partial charge is 0.416 e. The number of alkyl halides is 3. The Balaban J connectivity index is 1.86. The van der Waals surface area contributed by atoms with E-state index in [-0.39, 0.29) is 29.2 Å². The molecule has 156 valence electrons. The Morgan fingerprint density at radius 3 is 2.45 bits per heavy atom. The van der Waals surface area contributed by atoms with Gasteiger partial charge in [0.2, 0.25) is 10.0 Å². The molecular weight excluding hydrogens is 409 g/mol. The van der Waals surface area contributed by atoms with Crippen LogP contribution in [0.5, 0.6) is 0 Å². The molecule has 2 aromatic rings. The van der Waals surface area contributed by atoms with Crippen LogP contribution in [0.3, 0.4) is 0 Å². The van der Waals surface area contributed by atoms with Gasteiger partial charge in [-0.05, 0) is 42.8 Å². The molecule has 0 aromatic heterocycles. The number of amides is 1. The SMILES string of the molecule is Cc1ccc(NC(=O)c2cccc(C(F)(F)F)c2)cc1S(=O)(=O)N1CCOCC1. The molecule has 6 nitrogen and oxygen atoms in total. The summed E-state index contributed by atoms with van der Waals surface area (Å²) in [7, 11) is -3.79. The number of rotatable bonds is 4. The van der Waals surface area contributed by atoms with Crippen LogP contribution < -0.4 is 5.32 Å². The van der Waals surface area contributed by atoms with Gasteiger partial charge in [-0.3, -0.25) is 4.79 Å². The molecule has 1 N–H and O–H groups in total. The maximum absolute atomic E-state index is 12.9. The van der Waals surface area contributed by atoms with E-state index in [9.17, 15) is 26.4 Å². The molecule has 0 unspecified atom stereocenters. The smallest absolute Gasteiger partial charge is 0.379 e. The van der Waals surface area contributed by atoms with E-state index >= 15 is 0 Å². The average molecular weight is 428 g/mol. The van der Waals surface area contributed by atoms with Crippen LogP contribution in [-0.4, -0.2) is 44.9 Å². The van der Waals surface area contributed by atoms with Crippen molar-refractivity contribution in [3.8, 4) is 0 Å². The molecule has 1 aliphatic heterocycles. The van der Waals surface area contributed by atoms with Crippen LogP contribution in [0.1, 0.15) is 21.5 Å². The number of sulfonamides is 1. The fourth-order valence-electron chi connectivity index (χ4n) is 2.92. The predicted molar refractivity (Wildman–Crippen MR) is 100 cm³/mol. The van der Waals surface area contributed by atoms with Gasteiger partial charge >= 0.3 is 6.18 Å². The Bertz CT molecular complexity index is 1020. The van der Waals surface area contributed by atoms with Gasteiger partial charge in [0.15, 0.2) is 0 Å². The van der Waals surface area contributed by atoms with Gasteiger partial charge in [-0.25, -0.2) is 8.42 Å². The number of morpholine rings is 1. The summed E-state index contributed by atoms with van der Waals surface area (Å²) in [6.07, 6.45) is -4.57. The first-order valence-corrected chi connectivity index (χ1v) is 10.2. The monoisotopic (exact) mass is 428 g/mol. The number of carbonyl (C=O) groups is 1. The highest BCUT2D eigenvalue weighted by Crippen LogP contribution is 2.30. The maximum atomic E-state index is 12.9. The Kier molecular flexibility index (Phi) is 5.97. The number of hydrogen-bond acceptors (Lipinski definition) is 4. The number of nitrogens with one attached hydrogen (secondary N) is 1. The van der Waals surface area contributed by atoms with E-state index in [0.717, 1.165) is 18.2 Å². The third-order valence-corrected chi connectivity index (χ3v) is 6.53. The summed E-state index contributed by atoms with van der Waals surface area (Å²) in [6, 6.07) is 8.36. The van der Waals surface area contributed by atoms with Crippen molar-refractivity contribution in [2.75, 3.05) is 31.6 Å². The van der Waals surface area contributed by atoms with Crippen LogP contribution in [0.15, 0.2) is 47.4 Å². The molecule has 1 heterocycles. The number of hydrogen-bond donors (Lipinski definition) is 1. The third-order valence-electron chi connectivity index (χ3n) is 4.49. The minimum absolute atomic E-state index is 0.0289. The number of carbonyl (C=O) groups excluding carboxylic acids is 1. The van der Waals surface area contributed by atoms with Crippen molar-refractivity contribution < 1.29 is 31.1 Å². The summed E-state index contributed by atoms with van der Waals surface area (Å²) >= 11 is 0. The highest BCUT2D eigenvalue weighted by Gasteiger charge is 2.31. The molecule has 2 aromatic carbocycles. The van der Waals surface area contributed by atoms with E-state index in [0.29, 0.717) is 18.8 Å². The Labute approximate surface area is 166 Å². The zero-order valence-corrected chi connectivity index (χ0v) is 16.3. The molecule has 3 rings (SSSR count). The topological polar surface area (TPSA) is 75.7 Å². The molecule has 0 spiro atoms. The number of ether oxygens (including phenoxy) is 1. The molecule has 0 bridgehead atoms. The zero-order chi connectivity index (χ0) is 21.2. The minimum Gasteiger partial charge on any atom is -0.379 e. The lowest BCUT2D eigenvalue weighted by atomic mass is 10.1. The van der Waals surface area contributed by atoms with Gasteiger partial charge in [-0.2, -0.15) is 17.5 Å². The first-order chi connectivity index (χ1) is 13.6. The molecule has 0 atom stereocenters. The van der Waals surface area contributed by atoms with E-state index in [1.165, 1.54) is 28.6 Å². The summed E-state index contributed by atoms with van der Waals surface area (Å²) in [4.78, 5) is 12.4. The lowest BCUT2D eigenvalue weighted by Crippen LogP contribution is -2.40. The summed E-state index contributed by atoms with van der Waals surface area (Å²) in [6.45, 7) is 2.67. The molecule has 0 radical (unpaired) electrons. The summed E-state index contributed by atoms with van der Waals surface area (Å²) in [5, 5.41) is 2.47. The van der Waals surface area contributed by atoms with Crippen LogP contribution in [-0.2, 0) is 20.9 Å². The summed E-state index contributed by atoms with van der Waals surface area (Å²) < 4.78 is 70.8. The van der Waals surface area contributed by atoms with Crippen LogP contribution >= 0.6 is 0 Å². The first-order valence-electron chi connectivity index (χ1n) is 8.76. The Morgan fingerprint density at radius 1 is 1.10 bits per heavy atom. The fraction of sp³-hybridized carbons (Fsp3) is 0.316. The summed E-state index contributed by atoms with van der Waals surface area (Å²) in [5.74, 6) is -0.769. The van der Waals surface area contributed by atoms with Crippen molar-refractivity contribution in [2.24, 2.45) is 0 Å². The zero-order valence-electron chi connectivity index (χ0n) is 15.5. The highest BCUT2D eigenvalue weighted by molar-refractivity contribution is 7.89. The minimum atomic E-state index is -4.57. The van der Waals surface area contributed by atoms with Crippen LogP contribution in [0, 0.1) is 6.92 Å². The van der Waals surface area contributed by atoms with Gasteiger partial charge < -0.3 is 10.1 Å². The maximum Gasteiger partial charge on any atom is 0.416 e. The molecule has 1 saturated heterocycles. The van der Waals surface area contributed by atoms with Crippen molar-refractivity contribution in [3.05, 3.63) is 59.2 Å². The van der Waals surface area contributed by atoms with Crippen molar-refractivity contribution in [1.29, 1.82) is 0 Å². The second kappa shape index (κ2) is 8.13. The lowest BCUT2D eigenvalue weighted by molar-refractivity contribution is -0.137. The average Bonchev–Trinajstić information content (AvgIpc) is 2.69. The van der Waals surface area contributed by atoms with E-state index in [1.54, 1.807) is 6.92 Å². The molecule has 0 saturated carbocycles. The molecule has 29 heavy (non-hydrogen) atoms. The van der Waals surface area contributed by atoms with E-state index in [4.69, 9.17) is 4.74 Å². The van der Waals surface area contributed by atoms with Crippen LogP contribution in [0.2, 0.25) is 0 Å². The number of benzene rings is 2. The number of halogens is 3. The number of aryl methyl sites for hydroxylation is 1. The van der Waals surface area contributed by atoms with Gasteiger partial charge in [0, 0.05) is 24.3 Å². The number of nitrogens with zero attached hydrogens (tertiary/aromatic N) is 1. The van der Waals surface area contributed by atoms with Gasteiger partial charge in [0.05, 0.1) is 23.7 Å². The summed E-state index contributed by atoms with van der Waals surface area (Å²) in [5.41, 5.74) is -0.457. The van der Waals surface area contributed by atoms with Crippen molar-refractivity contribution in [2.45, 2.75) is 18.0 Å². The lowest BCUT2D eigenvalue weighted by Gasteiger charge is -2.26. The quantitative estimate of drug-likeness (QED) is 0.811. The molecule has 1 fully saturated rings. The fourth-order valence-corrected chi connectivity index (χ4v) is 4.58. The second-order valence-corrected chi connectivity index (χ2v) is 8.44. The Morgan fingerprint density at radius 2 is 1.79 bits per heavy atom. The third kappa shape index (κ3) is 4.77. The molecule has 0 aliphatic carbocycles. The molecular formula is C19H19F3N2O4S. The molecule has 10 heteroatoms.